The highest BCUT2D eigenvalue weighted by molar-refractivity contribution is 5.90. The first-order chi connectivity index (χ1) is 14.4. The van der Waals surface area contributed by atoms with Gasteiger partial charge in [-0.1, -0.05) is 42.5 Å². The average molecular weight is 410 g/mol. The van der Waals surface area contributed by atoms with Crippen LogP contribution in [0.5, 0.6) is 0 Å². The summed E-state index contributed by atoms with van der Waals surface area (Å²) in [5, 5.41) is 0.742. The first-order valence-corrected chi connectivity index (χ1v) is 10.0. The monoisotopic (exact) mass is 410 g/mol. The third-order valence-corrected chi connectivity index (χ3v) is 5.69. The molecule has 156 valence electrons. The molecule has 0 bridgehead atoms. The van der Waals surface area contributed by atoms with Gasteiger partial charge in [-0.25, -0.2) is 18.7 Å². The molecule has 0 N–H and O–H groups in total. The van der Waals surface area contributed by atoms with Gasteiger partial charge in [-0.3, -0.25) is 4.79 Å². The summed E-state index contributed by atoms with van der Waals surface area (Å²) < 4.78 is 26.6. The molecule has 0 radical (unpaired) electrons. The van der Waals surface area contributed by atoms with Crippen LogP contribution in [0.3, 0.4) is 0 Å². The van der Waals surface area contributed by atoms with Crippen molar-refractivity contribution >= 4 is 22.6 Å². The van der Waals surface area contributed by atoms with Gasteiger partial charge in [0.2, 0.25) is 5.91 Å². The van der Waals surface area contributed by atoms with E-state index in [0.29, 0.717) is 37.5 Å². The lowest BCUT2D eigenvalue weighted by atomic mass is 9.83. The highest BCUT2D eigenvalue weighted by atomic mass is 19.3. The molecular formula is C23H24F2N4O. The molecule has 3 aromatic rings. The maximum absolute atomic E-state index is 13.3. The second-order valence-corrected chi connectivity index (χ2v) is 7.99. The van der Waals surface area contributed by atoms with E-state index in [1.54, 1.807) is 12.1 Å². The Morgan fingerprint density at radius 2 is 1.57 bits per heavy atom. The molecule has 0 spiro atoms. The zero-order valence-electron chi connectivity index (χ0n) is 17.1. The molecule has 2 heterocycles. The van der Waals surface area contributed by atoms with Gasteiger partial charge in [0.05, 0.1) is 10.9 Å². The van der Waals surface area contributed by atoms with Crippen LogP contribution in [0.4, 0.5) is 14.6 Å². The Kier molecular flexibility index (Phi) is 5.37. The van der Waals surface area contributed by atoms with Gasteiger partial charge < -0.3 is 9.80 Å². The molecular weight excluding hydrogens is 386 g/mol. The third kappa shape index (κ3) is 3.72. The van der Waals surface area contributed by atoms with Gasteiger partial charge in [0.1, 0.15) is 5.82 Å². The molecule has 1 aliphatic rings. The first-order valence-electron chi connectivity index (χ1n) is 10.0. The van der Waals surface area contributed by atoms with E-state index >= 15 is 0 Å². The molecule has 7 heteroatoms. The number of carbonyl (C=O) groups is 1. The van der Waals surface area contributed by atoms with Crippen LogP contribution in [0.2, 0.25) is 0 Å². The van der Waals surface area contributed by atoms with Crippen molar-refractivity contribution in [3.63, 3.8) is 0 Å². The average Bonchev–Trinajstić information content (AvgIpc) is 2.78. The number of rotatable bonds is 4. The summed E-state index contributed by atoms with van der Waals surface area (Å²) in [7, 11) is 0. The van der Waals surface area contributed by atoms with Crippen LogP contribution in [0, 0.1) is 0 Å². The Morgan fingerprint density at radius 1 is 0.933 bits per heavy atom. The van der Waals surface area contributed by atoms with E-state index in [1.165, 1.54) is 0 Å². The number of benzene rings is 2. The predicted molar refractivity (Wildman–Crippen MR) is 113 cm³/mol. The fourth-order valence-corrected chi connectivity index (χ4v) is 3.91. The van der Waals surface area contributed by atoms with Crippen LogP contribution in [-0.2, 0) is 10.2 Å². The van der Waals surface area contributed by atoms with E-state index in [4.69, 9.17) is 0 Å². The molecule has 1 fully saturated rings. The number of carbonyl (C=O) groups excluding carboxylic acids is 1. The fraction of sp³-hybridized carbons (Fsp3) is 0.348. The van der Waals surface area contributed by atoms with E-state index in [-0.39, 0.29) is 5.91 Å². The zero-order valence-corrected chi connectivity index (χ0v) is 17.1. The van der Waals surface area contributed by atoms with Gasteiger partial charge in [-0.2, -0.15) is 0 Å². The third-order valence-electron chi connectivity index (χ3n) is 5.69. The Balaban J connectivity index is 1.55. The Bertz CT molecular complexity index is 1050. The smallest absolute Gasteiger partial charge is 0.297 e. The molecule has 2 aromatic carbocycles. The topological polar surface area (TPSA) is 49.3 Å². The van der Waals surface area contributed by atoms with Crippen molar-refractivity contribution in [2.24, 2.45) is 0 Å². The van der Waals surface area contributed by atoms with E-state index < -0.39 is 17.7 Å². The quantitative estimate of drug-likeness (QED) is 0.647. The minimum absolute atomic E-state index is 0.0640. The Labute approximate surface area is 174 Å². The number of amides is 1. The number of nitrogens with zero attached hydrogens (tertiary/aromatic N) is 4. The maximum Gasteiger partial charge on any atom is 0.297 e. The normalized spacial score (nSPS) is 15.1. The lowest BCUT2D eigenvalue weighted by Gasteiger charge is -2.39. The Morgan fingerprint density at radius 3 is 2.23 bits per heavy atom. The van der Waals surface area contributed by atoms with Crippen molar-refractivity contribution in [2.75, 3.05) is 31.1 Å². The Hall–Kier alpha value is -3.09. The van der Waals surface area contributed by atoms with Gasteiger partial charge >= 0.3 is 0 Å². The number of hydrogen-bond donors (Lipinski definition) is 0. The van der Waals surface area contributed by atoms with Crippen molar-refractivity contribution in [1.82, 2.24) is 14.9 Å². The largest absolute Gasteiger partial charge is 0.352 e. The van der Waals surface area contributed by atoms with Crippen molar-refractivity contribution in [1.29, 1.82) is 0 Å². The van der Waals surface area contributed by atoms with E-state index in [2.05, 4.69) is 9.97 Å². The second kappa shape index (κ2) is 7.97. The molecule has 0 atom stereocenters. The van der Waals surface area contributed by atoms with Crippen molar-refractivity contribution in [2.45, 2.75) is 25.7 Å². The van der Waals surface area contributed by atoms with Crippen LogP contribution < -0.4 is 4.90 Å². The number of piperazine rings is 1. The first kappa shape index (κ1) is 20.2. The number of fused-ring (bicyclic) bond motifs is 1. The van der Waals surface area contributed by atoms with Crippen LogP contribution >= 0.6 is 0 Å². The summed E-state index contributed by atoms with van der Waals surface area (Å²) >= 11 is 0. The molecule has 4 rings (SSSR count). The van der Waals surface area contributed by atoms with Gasteiger partial charge in [0.25, 0.3) is 6.43 Å². The number of para-hydroxylation sites is 1. The van der Waals surface area contributed by atoms with Crippen molar-refractivity contribution in [3.05, 3.63) is 66.0 Å². The molecule has 1 saturated heterocycles. The molecule has 5 nitrogen and oxygen atoms in total. The van der Waals surface area contributed by atoms with Crippen LogP contribution in [0.25, 0.3) is 10.9 Å². The van der Waals surface area contributed by atoms with Gasteiger partial charge in [-0.05, 0) is 31.5 Å². The van der Waals surface area contributed by atoms with Crippen LogP contribution in [0.15, 0.2) is 54.6 Å². The number of hydrogen-bond acceptors (Lipinski definition) is 4. The molecule has 30 heavy (non-hydrogen) atoms. The number of alkyl halides is 2. The lowest BCUT2D eigenvalue weighted by molar-refractivity contribution is -0.136. The summed E-state index contributed by atoms with van der Waals surface area (Å²) in [5.74, 6) is 0.104. The molecule has 0 aliphatic carbocycles. The predicted octanol–water partition coefficient (Wildman–Crippen LogP) is 4.19. The summed E-state index contributed by atoms with van der Waals surface area (Å²) in [4.78, 5) is 25.2. The molecule has 1 aliphatic heterocycles. The van der Waals surface area contributed by atoms with E-state index in [0.717, 1.165) is 10.9 Å². The second-order valence-electron chi connectivity index (χ2n) is 7.99. The maximum atomic E-state index is 13.3. The van der Waals surface area contributed by atoms with Crippen molar-refractivity contribution in [3.8, 4) is 0 Å². The van der Waals surface area contributed by atoms with E-state index in [1.807, 2.05) is 66.1 Å². The van der Waals surface area contributed by atoms with Gasteiger partial charge in [-0.15, -0.1) is 0 Å². The standard InChI is InChI=1S/C23H24F2N4O/c1-23(2,16-8-4-3-5-9-16)22(30)29-14-12-28(13-15-29)21-17-10-6-7-11-18(17)26-20(27-21)19(24)25/h3-11,19H,12-15H2,1-2H3. The van der Waals surface area contributed by atoms with Crippen LogP contribution in [0.1, 0.15) is 31.7 Å². The van der Waals surface area contributed by atoms with Gasteiger partial charge in [0.15, 0.2) is 5.82 Å². The number of aromatic nitrogens is 2. The summed E-state index contributed by atoms with van der Waals surface area (Å²) in [6.07, 6.45) is -2.73. The molecule has 0 unspecified atom stereocenters. The highest BCUT2D eigenvalue weighted by Crippen LogP contribution is 2.30. The summed E-state index contributed by atoms with van der Waals surface area (Å²) in [6.45, 7) is 5.95. The minimum Gasteiger partial charge on any atom is -0.352 e. The highest BCUT2D eigenvalue weighted by Gasteiger charge is 2.35. The molecule has 1 aromatic heterocycles. The minimum atomic E-state index is -2.73. The summed E-state index contributed by atoms with van der Waals surface area (Å²) in [6, 6.07) is 16.9. The van der Waals surface area contributed by atoms with E-state index in [9.17, 15) is 13.6 Å². The zero-order chi connectivity index (χ0) is 21.3. The number of halogens is 2. The van der Waals surface area contributed by atoms with Crippen LogP contribution in [-0.4, -0.2) is 47.0 Å². The van der Waals surface area contributed by atoms with Crippen molar-refractivity contribution < 1.29 is 13.6 Å². The number of anilines is 1. The molecule has 1 amide bonds. The fourth-order valence-electron chi connectivity index (χ4n) is 3.91. The molecule has 0 saturated carbocycles. The SMILES string of the molecule is CC(C)(C(=O)N1CCN(c2nc(C(F)F)nc3ccccc23)CC1)c1ccccc1. The van der Waals surface area contributed by atoms with Gasteiger partial charge in [0, 0.05) is 31.6 Å². The summed E-state index contributed by atoms with van der Waals surface area (Å²) in [5.41, 5.74) is 0.843. The lowest BCUT2D eigenvalue weighted by Crippen LogP contribution is -2.53.